The van der Waals surface area contributed by atoms with Gasteiger partial charge in [-0.25, -0.2) is 4.98 Å². The first-order valence-electron chi connectivity index (χ1n) is 10.5. The third kappa shape index (κ3) is 3.22. The van der Waals surface area contributed by atoms with Crippen LogP contribution in [-0.4, -0.2) is 31.3 Å². The molecule has 0 amide bonds. The van der Waals surface area contributed by atoms with Gasteiger partial charge < -0.3 is 10.3 Å². The molecule has 156 valence electrons. The molecule has 0 aliphatic carbocycles. The Hall–Kier alpha value is -3.71. The Morgan fingerprint density at radius 2 is 1.78 bits per heavy atom. The van der Waals surface area contributed by atoms with Crippen molar-refractivity contribution in [2.75, 3.05) is 11.9 Å². The number of anilines is 1. The van der Waals surface area contributed by atoms with E-state index in [0.717, 1.165) is 56.6 Å². The molecular formula is C25H19BrN6. The number of halogens is 1. The highest BCUT2D eigenvalue weighted by atomic mass is 79.9. The van der Waals surface area contributed by atoms with Crippen molar-refractivity contribution < 1.29 is 0 Å². The second-order valence-corrected chi connectivity index (χ2v) is 8.61. The van der Waals surface area contributed by atoms with Crippen LogP contribution in [0.5, 0.6) is 0 Å². The van der Waals surface area contributed by atoms with Crippen LogP contribution >= 0.6 is 15.9 Å². The van der Waals surface area contributed by atoms with Crippen molar-refractivity contribution >= 4 is 49.2 Å². The van der Waals surface area contributed by atoms with Crippen LogP contribution < -0.4 is 5.32 Å². The molecule has 2 N–H and O–H groups in total. The average molecular weight is 483 g/mol. The van der Waals surface area contributed by atoms with E-state index in [9.17, 15) is 0 Å². The van der Waals surface area contributed by atoms with Gasteiger partial charge in [-0.05, 0) is 42.3 Å². The fourth-order valence-corrected chi connectivity index (χ4v) is 4.57. The van der Waals surface area contributed by atoms with Gasteiger partial charge in [-0.15, -0.1) is 5.10 Å². The monoisotopic (exact) mass is 482 g/mol. The lowest BCUT2D eigenvalue weighted by molar-refractivity contribution is 0.876. The van der Waals surface area contributed by atoms with Gasteiger partial charge in [0.1, 0.15) is 11.5 Å². The highest BCUT2D eigenvalue weighted by Gasteiger charge is 2.16. The van der Waals surface area contributed by atoms with Crippen molar-refractivity contribution in [1.82, 2.24) is 24.8 Å². The average Bonchev–Trinajstić information content (AvgIpc) is 3.44. The second kappa shape index (κ2) is 7.76. The molecule has 6 aromatic rings. The number of H-pyrrole nitrogens is 1. The fraction of sp³-hybridized carbons (Fsp3) is 0.0800. The van der Waals surface area contributed by atoms with Crippen LogP contribution in [0.1, 0.15) is 5.56 Å². The number of aromatic nitrogens is 5. The summed E-state index contributed by atoms with van der Waals surface area (Å²) < 4.78 is 2.81. The van der Waals surface area contributed by atoms with Gasteiger partial charge in [0.05, 0.1) is 5.52 Å². The predicted molar refractivity (Wildman–Crippen MR) is 132 cm³/mol. The van der Waals surface area contributed by atoms with Gasteiger partial charge in [-0.2, -0.15) is 4.52 Å². The summed E-state index contributed by atoms with van der Waals surface area (Å²) in [6, 6.07) is 24.6. The standard InChI is InChI=1S/C25H19BrN6/c26-18-7-5-6-16(14-18)23-25-29-24(20-9-2-4-11-22(20)32(25)31-30-23)27-13-12-17-15-28-21-10-3-1-8-19(17)21/h1-11,14-15,28H,12-13H2,(H,27,29). The van der Waals surface area contributed by atoms with E-state index in [4.69, 9.17) is 4.98 Å². The summed E-state index contributed by atoms with van der Waals surface area (Å²) in [7, 11) is 0. The van der Waals surface area contributed by atoms with Crippen molar-refractivity contribution in [3.63, 3.8) is 0 Å². The van der Waals surface area contributed by atoms with E-state index in [2.05, 4.69) is 73.1 Å². The van der Waals surface area contributed by atoms with E-state index >= 15 is 0 Å². The summed E-state index contributed by atoms with van der Waals surface area (Å²) in [6.45, 7) is 0.767. The van der Waals surface area contributed by atoms with Crippen LogP contribution in [0.2, 0.25) is 0 Å². The molecule has 32 heavy (non-hydrogen) atoms. The van der Waals surface area contributed by atoms with Crippen molar-refractivity contribution in [2.24, 2.45) is 0 Å². The zero-order chi connectivity index (χ0) is 21.5. The van der Waals surface area contributed by atoms with Crippen molar-refractivity contribution in [1.29, 1.82) is 0 Å². The Morgan fingerprint density at radius 3 is 2.69 bits per heavy atom. The van der Waals surface area contributed by atoms with Crippen LogP contribution in [-0.2, 0) is 6.42 Å². The van der Waals surface area contributed by atoms with Gasteiger partial charge in [0.2, 0.25) is 0 Å². The fourth-order valence-electron chi connectivity index (χ4n) is 4.18. The molecule has 6 rings (SSSR count). The van der Waals surface area contributed by atoms with Gasteiger partial charge in [0, 0.05) is 39.1 Å². The molecule has 0 saturated carbocycles. The topological polar surface area (TPSA) is 70.9 Å². The molecule has 0 aliphatic rings. The van der Waals surface area contributed by atoms with Crippen LogP contribution in [0.15, 0.2) is 83.5 Å². The van der Waals surface area contributed by atoms with Crippen LogP contribution in [0.4, 0.5) is 5.82 Å². The number of nitrogens with zero attached hydrogens (tertiary/aromatic N) is 4. The minimum absolute atomic E-state index is 0.733. The lowest BCUT2D eigenvalue weighted by atomic mass is 10.1. The number of hydrogen-bond donors (Lipinski definition) is 2. The van der Waals surface area contributed by atoms with Crippen molar-refractivity contribution in [3.8, 4) is 11.3 Å². The molecule has 3 heterocycles. The minimum Gasteiger partial charge on any atom is -0.369 e. The Morgan fingerprint density at radius 1 is 0.938 bits per heavy atom. The first kappa shape index (κ1) is 19.0. The van der Waals surface area contributed by atoms with Gasteiger partial charge in [-0.3, -0.25) is 0 Å². The van der Waals surface area contributed by atoms with E-state index in [1.54, 1.807) is 0 Å². The van der Waals surface area contributed by atoms with Gasteiger partial charge in [0.25, 0.3) is 0 Å². The van der Waals surface area contributed by atoms with E-state index in [1.807, 2.05) is 47.0 Å². The molecular weight excluding hydrogens is 464 g/mol. The molecule has 3 aromatic heterocycles. The van der Waals surface area contributed by atoms with Crippen molar-refractivity contribution in [2.45, 2.75) is 6.42 Å². The SMILES string of the molecule is Brc1cccc(-c2nnn3c2nc(NCCc2c[nH]c4ccccc24)c2ccccc23)c1. The molecule has 0 saturated heterocycles. The molecule has 0 unspecified atom stereocenters. The number of fused-ring (bicyclic) bond motifs is 4. The quantitative estimate of drug-likeness (QED) is 0.323. The third-order valence-corrected chi connectivity index (χ3v) is 6.20. The van der Waals surface area contributed by atoms with E-state index in [-0.39, 0.29) is 0 Å². The lowest BCUT2D eigenvalue weighted by Gasteiger charge is -2.10. The summed E-state index contributed by atoms with van der Waals surface area (Å²) in [6.07, 6.45) is 2.98. The maximum atomic E-state index is 4.95. The van der Waals surface area contributed by atoms with Crippen LogP contribution in [0.3, 0.4) is 0 Å². The lowest BCUT2D eigenvalue weighted by Crippen LogP contribution is -2.08. The third-order valence-electron chi connectivity index (χ3n) is 5.71. The number of aromatic amines is 1. The van der Waals surface area contributed by atoms with Crippen LogP contribution in [0.25, 0.3) is 38.7 Å². The van der Waals surface area contributed by atoms with E-state index in [0.29, 0.717) is 0 Å². The van der Waals surface area contributed by atoms with Crippen LogP contribution in [0, 0.1) is 0 Å². The predicted octanol–water partition coefficient (Wildman–Crippen LogP) is 5.84. The Bertz CT molecular complexity index is 1580. The van der Waals surface area contributed by atoms with E-state index < -0.39 is 0 Å². The molecule has 3 aromatic carbocycles. The molecule has 0 aliphatic heterocycles. The molecule has 0 fully saturated rings. The summed E-state index contributed by atoms with van der Waals surface area (Å²) >= 11 is 3.55. The second-order valence-electron chi connectivity index (χ2n) is 7.70. The largest absolute Gasteiger partial charge is 0.369 e. The smallest absolute Gasteiger partial charge is 0.186 e. The minimum atomic E-state index is 0.733. The molecule has 7 heteroatoms. The summed E-state index contributed by atoms with van der Waals surface area (Å²) in [5, 5.41) is 14.7. The highest BCUT2D eigenvalue weighted by Crippen LogP contribution is 2.29. The summed E-state index contributed by atoms with van der Waals surface area (Å²) in [5.74, 6) is 0.839. The normalized spacial score (nSPS) is 11.5. The zero-order valence-electron chi connectivity index (χ0n) is 17.1. The summed E-state index contributed by atoms with van der Waals surface area (Å²) in [4.78, 5) is 8.30. The Kier molecular flexibility index (Phi) is 4.61. The number of hydrogen-bond acceptors (Lipinski definition) is 4. The van der Waals surface area contributed by atoms with E-state index in [1.165, 1.54) is 10.9 Å². The first-order valence-corrected chi connectivity index (χ1v) is 11.3. The zero-order valence-corrected chi connectivity index (χ0v) is 18.7. The van der Waals surface area contributed by atoms with Gasteiger partial charge in [0.15, 0.2) is 5.65 Å². The van der Waals surface area contributed by atoms with Gasteiger partial charge >= 0.3 is 0 Å². The Balaban J connectivity index is 1.39. The molecule has 0 spiro atoms. The molecule has 0 radical (unpaired) electrons. The number of nitrogens with one attached hydrogen (secondary N) is 2. The summed E-state index contributed by atoms with van der Waals surface area (Å²) in [5.41, 5.74) is 5.90. The molecule has 0 atom stereocenters. The number of benzene rings is 3. The van der Waals surface area contributed by atoms with Crippen molar-refractivity contribution in [3.05, 3.63) is 89.0 Å². The number of rotatable bonds is 5. The Labute approximate surface area is 192 Å². The maximum absolute atomic E-state index is 4.95. The maximum Gasteiger partial charge on any atom is 0.186 e. The molecule has 0 bridgehead atoms. The number of para-hydroxylation sites is 2. The van der Waals surface area contributed by atoms with Gasteiger partial charge in [-0.1, -0.05) is 63.6 Å². The first-order chi connectivity index (χ1) is 15.8. The molecule has 6 nitrogen and oxygen atoms in total. The highest BCUT2D eigenvalue weighted by molar-refractivity contribution is 9.10.